The number of fused-ring (bicyclic) bond motifs is 1. The summed E-state index contributed by atoms with van der Waals surface area (Å²) in [6.45, 7) is 12.1. The number of likely N-dealkylation sites (tertiary alicyclic amines) is 1. The van der Waals surface area contributed by atoms with Crippen LogP contribution in [0.25, 0.3) is 0 Å². The van der Waals surface area contributed by atoms with Crippen LogP contribution < -0.4 is 4.90 Å². The molecule has 0 amide bonds. The molecule has 6 nitrogen and oxygen atoms in total. The molecule has 2 aliphatic heterocycles. The van der Waals surface area contributed by atoms with Gasteiger partial charge in [0.2, 0.25) is 0 Å². The summed E-state index contributed by atoms with van der Waals surface area (Å²) in [5.74, 6) is 4.20. The van der Waals surface area contributed by atoms with Gasteiger partial charge in [0.25, 0.3) is 0 Å². The maximum absolute atomic E-state index is 4.57. The molecular formula is C22H30N6. The lowest BCUT2D eigenvalue weighted by molar-refractivity contribution is 0.308. The van der Waals surface area contributed by atoms with Crippen molar-refractivity contribution in [3.63, 3.8) is 0 Å². The van der Waals surface area contributed by atoms with Crippen molar-refractivity contribution < 1.29 is 0 Å². The lowest BCUT2D eigenvalue weighted by Crippen LogP contribution is -2.29. The van der Waals surface area contributed by atoms with Gasteiger partial charge in [0.15, 0.2) is 0 Å². The Morgan fingerprint density at radius 3 is 2.21 bits per heavy atom. The summed E-state index contributed by atoms with van der Waals surface area (Å²) >= 11 is 0. The summed E-state index contributed by atoms with van der Waals surface area (Å²) in [4.78, 5) is 23.2. The molecule has 2 saturated heterocycles. The Bertz CT molecular complexity index is 825. The van der Waals surface area contributed by atoms with Crippen LogP contribution in [0.4, 0.5) is 5.82 Å². The third kappa shape index (κ3) is 3.62. The molecule has 148 valence electrons. The molecule has 3 aliphatic rings. The van der Waals surface area contributed by atoms with E-state index >= 15 is 0 Å². The summed E-state index contributed by atoms with van der Waals surface area (Å²) in [7, 11) is 0. The first-order valence-corrected chi connectivity index (χ1v) is 10.6. The Balaban J connectivity index is 1.19. The van der Waals surface area contributed by atoms with E-state index < -0.39 is 0 Å². The van der Waals surface area contributed by atoms with Crippen LogP contribution in [0.1, 0.15) is 56.6 Å². The summed E-state index contributed by atoms with van der Waals surface area (Å²) in [6.07, 6.45) is 8.32. The molecule has 28 heavy (non-hydrogen) atoms. The number of anilines is 1. The van der Waals surface area contributed by atoms with Crippen molar-refractivity contribution in [2.24, 2.45) is 11.8 Å². The molecule has 3 fully saturated rings. The number of rotatable bonds is 4. The zero-order chi connectivity index (χ0) is 19.3. The molecule has 2 atom stereocenters. The second-order valence-electron chi connectivity index (χ2n) is 9.85. The van der Waals surface area contributed by atoms with Crippen LogP contribution >= 0.6 is 0 Å². The van der Waals surface area contributed by atoms with Gasteiger partial charge in [-0.25, -0.2) is 19.9 Å². The van der Waals surface area contributed by atoms with Gasteiger partial charge in [0, 0.05) is 68.1 Å². The van der Waals surface area contributed by atoms with Crippen LogP contribution in [0.2, 0.25) is 0 Å². The molecule has 2 unspecified atom stereocenters. The van der Waals surface area contributed by atoms with Crippen molar-refractivity contribution in [2.45, 2.75) is 51.5 Å². The first kappa shape index (κ1) is 18.0. The van der Waals surface area contributed by atoms with Gasteiger partial charge in [-0.2, -0.15) is 0 Å². The Labute approximate surface area is 167 Å². The molecule has 4 heterocycles. The quantitative estimate of drug-likeness (QED) is 0.815. The summed E-state index contributed by atoms with van der Waals surface area (Å²) in [6, 6.07) is 2.18. The zero-order valence-electron chi connectivity index (χ0n) is 17.2. The van der Waals surface area contributed by atoms with Gasteiger partial charge in [-0.1, -0.05) is 20.8 Å². The molecule has 2 aromatic heterocycles. The van der Waals surface area contributed by atoms with Gasteiger partial charge in [-0.3, -0.25) is 4.90 Å². The topological polar surface area (TPSA) is 58.0 Å². The number of aromatic nitrogens is 4. The SMILES string of the molecule is CC(C)(C)c1cc(N2CC3CN(Cc4cnc(C5CC5)nc4)CC3C2)ncn1. The fourth-order valence-electron chi connectivity index (χ4n) is 4.59. The average Bonchev–Trinajstić information content (AvgIpc) is 3.34. The van der Waals surface area contributed by atoms with Gasteiger partial charge in [0.05, 0.1) is 5.69 Å². The largest absolute Gasteiger partial charge is 0.356 e. The fourth-order valence-corrected chi connectivity index (χ4v) is 4.59. The average molecular weight is 379 g/mol. The van der Waals surface area contributed by atoms with Gasteiger partial charge in [-0.05, 0) is 24.7 Å². The summed E-state index contributed by atoms with van der Waals surface area (Å²) < 4.78 is 0. The van der Waals surface area contributed by atoms with Crippen LogP contribution in [0.5, 0.6) is 0 Å². The molecule has 0 aromatic carbocycles. The Morgan fingerprint density at radius 2 is 1.61 bits per heavy atom. The molecule has 1 saturated carbocycles. The predicted molar refractivity (Wildman–Crippen MR) is 109 cm³/mol. The molecule has 0 radical (unpaired) electrons. The van der Waals surface area contributed by atoms with Crippen LogP contribution in [0.15, 0.2) is 24.8 Å². The molecule has 0 spiro atoms. The third-order valence-electron chi connectivity index (χ3n) is 6.38. The first-order valence-electron chi connectivity index (χ1n) is 10.6. The van der Waals surface area contributed by atoms with E-state index in [1.54, 1.807) is 6.33 Å². The third-order valence-corrected chi connectivity index (χ3v) is 6.38. The van der Waals surface area contributed by atoms with Crippen molar-refractivity contribution in [1.29, 1.82) is 0 Å². The van der Waals surface area contributed by atoms with Crippen molar-refractivity contribution in [1.82, 2.24) is 24.8 Å². The molecule has 5 rings (SSSR count). The zero-order valence-corrected chi connectivity index (χ0v) is 17.2. The highest BCUT2D eigenvalue weighted by atomic mass is 15.3. The lowest BCUT2D eigenvalue weighted by atomic mass is 9.92. The minimum atomic E-state index is 0.0568. The standard InChI is InChI=1S/C22H30N6/c1-22(2,3)19-6-20(26-14-25-19)28-12-17-10-27(11-18(17)13-28)9-15-7-23-21(24-8-15)16-4-5-16/h6-8,14,16-18H,4-5,9-13H2,1-3H3. The van der Waals surface area contributed by atoms with Crippen molar-refractivity contribution in [3.8, 4) is 0 Å². The molecular weight excluding hydrogens is 348 g/mol. The molecule has 0 bridgehead atoms. The minimum absolute atomic E-state index is 0.0568. The molecule has 1 aliphatic carbocycles. The van der Waals surface area contributed by atoms with Gasteiger partial charge in [-0.15, -0.1) is 0 Å². The first-order chi connectivity index (χ1) is 13.5. The number of hydrogen-bond donors (Lipinski definition) is 0. The Kier molecular flexibility index (Phi) is 4.34. The van der Waals surface area contributed by atoms with Crippen LogP contribution in [-0.2, 0) is 12.0 Å². The highest BCUT2D eigenvalue weighted by Crippen LogP contribution is 2.38. The Hall–Kier alpha value is -2.08. The van der Waals surface area contributed by atoms with Crippen molar-refractivity contribution in [2.75, 3.05) is 31.1 Å². The molecule has 0 N–H and O–H groups in total. The van der Waals surface area contributed by atoms with Gasteiger partial charge in [0.1, 0.15) is 18.0 Å². The predicted octanol–water partition coefficient (Wildman–Crippen LogP) is 3.01. The van der Waals surface area contributed by atoms with Gasteiger partial charge < -0.3 is 4.90 Å². The monoisotopic (exact) mass is 378 g/mol. The maximum atomic E-state index is 4.57. The lowest BCUT2D eigenvalue weighted by Gasteiger charge is -2.24. The van der Waals surface area contributed by atoms with E-state index in [1.165, 1.54) is 18.4 Å². The molecule has 2 aromatic rings. The van der Waals surface area contributed by atoms with Gasteiger partial charge >= 0.3 is 0 Å². The highest BCUT2D eigenvalue weighted by Gasteiger charge is 2.40. The highest BCUT2D eigenvalue weighted by molar-refractivity contribution is 5.42. The van der Waals surface area contributed by atoms with Crippen LogP contribution in [0, 0.1) is 11.8 Å². The van der Waals surface area contributed by atoms with E-state index in [1.807, 2.05) is 12.4 Å². The van der Waals surface area contributed by atoms with E-state index in [2.05, 4.69) is 56.6 Å². The van der Waals surface area contributed by atoms with Crippen LogP contribution in [-0.4, -0.2) is 51.0 Å². The Morgan fingerprint density at radius 1 is 0.929 bits per heavy atom. The second kappa shape index (κ2) is 6.76. The number of hydrogen-bond acceptors (Lipinski definition) is 6. The van der Waals surface area contributed by atoms with Crippen LogP contribution in [0.3, 0.4) is 0 Å². The van der Waals surface area contributed by atoms with Crippen molar-refractivity contribution in [3.05, 3.63) is 41.9 Å². The fraction of sp³-hybridized carbons (Fsp3) is 0.636. The smallest absolute Gasteiger partial charge is 0.132 e. The minimum Gasteiger partial charge on any atom is -0.356 e. The summed E-state index contributed by atoms with van der Waals surface area (Å²) in [5, 5.41) is 0. The van der Waals surface area contributed by atoms with E-state index in [-0.39, 0.29) is 5.41 Å². The van der Waals surface area contributed by atoms with E-state index in [4.69, 9.17) is 0 Å². The van der Waals surface area contributed by atoms with E-state index in [0.29, 0.717) is 5.92 Å². The second-order valence-corrected chi connectivity index (χ2v) is 9.85. The number of nitrogens with zero attached hydrogens (tertiary/aromatic N) is 6. The normalized spacial score (nSPS) is 25.3. The molecule has 6 heteroatoms. The van der Waals surface area contributed by atoms with E-state index in [0.717, 1.165) is 61.9 Å². The van der Waals surface area contributed by atoms with E-state index in [9.17, 15) is 0 Å². The summed E-state index contributed by atoms with van der Waals surface area (Å²) in [5.41, 5.74) is 2.42. The van der Waals surface area contributed by atoms with Crippen molar-refractivity contribution >= 4 is 5.82 Å². The maximum Gasteiger partial charge on any atom is 0.132 e.